The predicted molar refractivity (Wildman–Crippen MR) is 78.6 cm³/mol. The SMILES string of the molecule is CCOc1ccc(/C=C2/N=C(CC(C)C)OC2=O)cc1. The van der Waals surface area contributed by atoms with Crippen LogP contribution in [0.2, 0.25) is 0 Å². The maximum Gasteiger partial charge on any atom is 0.363 e. The van der Waals surface area contributed by atoms with Crippen molar-refractivity contribution in [2.75, 3.05) is 6.61 Å². The van der Waals surface area contributed by atoms with E-state index in [0.29, 0.717) is 30.5 Å². The Balaban J connectivity index is 2.13. The number of benzene rings is 1. The maximum absolute atomic E-state index is 11.7. The van der Waals surface area contributed by atoms with Gasteiger partial charge in [-0.15, -0.1) is 0 Å². The number of ether oxygens (including phenoxy) is 2. The molecule has 4 nitrogen and oxygen atoms in total. The van der Waals surface area contributed by atoms with Gasteiger partial charge in [-0.25, -0.2) is 9.79 Å². The molecular formula is C16H19NO3. The molecule has 0 unspecified atom stereocenters. The molecule has 0 aromatic heterocycles. The lowest BCUT2D eigenvalue weighted by molar-refractivity contribution is -0.130. The summed E-state index contributed by atoms with van der Waals surface area (Å²) in [5.41, 5.74) is 1.25. The highest BCUT2D eigenvalue weighted by atomic mass is 16.6. The number of carbonyl (C=O) groups excluding carboxylic acids is 1. The van der Waals surface area contributed by atoms with E-state index in [1.54, 1.807) is 6.08 Å². The summed E-state index contributed by atoms with van der Waals surface area (Å²) in [6.07, 6.45) is 2.40. The zero-order valence-electron chi connectivity index (χ0n) is 12.1. The highest BCUT2D eigenvalue weighted by molar-refractivity contribution is 6.07. The average Bonchev–Trinajstić information content (AvgIpc) is 2.71. The van der Waals surface area contributed by atoms with Gasteiger partial charge in [-0.3, -0.25) is 0 Å². The molecule has 0 N–H and O–H groups in total. The van der Waals surface area contributed by atoms with E-state index in [0.717, 1.165) is 11.3 Å². The minimum Gasteiger partial charge on any atom is -0.494 e. The summed E-state index contributed by atoms with van der Waals surface area (Å²) in [6.45, 7) is 6.69. The Morgan fingerprint density at radius 2 is 2.00 bits per heavy atom. The molecule has 0 spiro atoms. The van der Waals surface area contributed by atoms with Crippen LogP contribution < -0.4 is 4.74 Å². The molecule has 0 fully saturated rings. The zero-order valence-corrected chi connectivity index (χ0v) is 12.1. The second-order valence-corrected chi connectivity index (χ2v) is 5.02. The molecule has 0 atom stereocenters. The number of esters is 1. The van der Waals surface area contributed by atoms with Gasteiger partial charge in [0.05, 0.1) is 6.61 Å². The van der Waals surface area contributed by atoms with Gasteiger partial charge in [0.1, 0.15) is 5.75 Å². The molecule has 4 heteroatoms. The predicted octanol–water partition coefficient (Wildman–Crippen LogP) is 3.43. The van der Waals surface area contributed by atoms with Gasteiger partial charge < -0.3 is 9.47 Å². The molecule has 1 heterocycles. The van der Waals surface area contributed by atoms with Crippen LogP contribution >= 0.6 is 0 Å². The highest BCUT2D eigenvalue weighted by Crippen LogP contribution is 2.20. The molecule has 0 amide bonds. The first-order valence-electron chi connectivity index (χ1n) is 6.82. The molecule has 1 aromatic rings. The van der Waals surface area contributed by atoms with Crippen LogP contribution in [0.25, 0.3) is 6.08 Å². The summed E-state index contributed by atoms with van der Waals surface area (Å²) in [5, 5.41) is 0. The highest BCUT2D eigenvalue weighted by Gasteiger charge is 2.23. The van der Waals surface area contributed by atoms with E-state index in [-0.39, 0.29) is 5.97 Å². The third-order valence-electron chi connectivity index (χ3n) is 2.74. The fourth-order valence-corrected chi connectivity index (χ4v) is 1.87. The van der Waals surface area contributed by atoms with Crippen molar-refractivity contribution in [2.24, 2.45) is 10.9 Å². The molecule has 106 valence electrons. The van der Waals surface area contributed by atoms with E-state index in [1.165, 1.54) is 0 Å². The fraction of sp³-hybridized carbons (Fsp3) is 0.375. The molecular weight excluding hydrogens is 254 g/mol. The lowest BCUT2D eigenvalue weighted by atomic mass is 10.1. The number of cyclic esters (lactones) is 1. The number of rotatable bonds is 5. The van der Waals surface area contributed by atoms with Crippen molar-refractivity contribution in [3.05, 3.63) is 35.5 Å². The van der Waals surface area contributed by atoms with Crippen molar-refractivity contribution >= 4 is 17.9 Å². The van der Waals surface area contributed by atoms with Gasteiger partial charge in [0.15, 0.2) is 11.6 Å². The topological polar surface area (TPSA) is 47.9 Å². The number of aliphatic imine (C=N–C) groups is 1. The van der Waals surface area contributed by atoms with E-state index in [1.807, 2.05) is 31.2 Å². The minimum atomic E-state index is -0.380. The van der Waals surface area contributed by atoms with Crippen LogP contribution in [-0.2, 0) is 9.53 Å². The number of nitrogens with zero attached hydrogens (tertiary/aromatic N) is 1. The molecule has 0 saturated carbocycles. The van der Waals surface area contributed by atoms with Crippen molar-refractivity contribution < 1.29 is 14.3 Å². The minimum absolute atomic E-state index is 0.352. The van der Waals surface area contributed by atoms with Crippen molar-refractivity contribution in [2.45, 2.75) is 27.2 Å². The Morgan fingerprint density at radius 3 is 2.60 bits per heavy atom. The van der Waals surface area contributed by atoms with Crippen LogP contribution in [0.1, 0.15) is 32.8 Å². The lowest BCUT2D eigenvalue weighted by Crippen LogP contribution is -2.06. The largest absolute Gasteiger partial charge is 0.494 e. The van der Waals surface area contributed by atoms with Gasteiger partial charge in [-0.1, -0.05) is 26.0 Å². The molecule has 0 bridgehead atoms. The zero-order chi connectivity index (χ0) is 14.5. The first-order valence-corrected chi connectivity index (χ1v) is 6.82. The quantitative estimate of drug-likeness (QED) is 0.610. The molecule has 2 rings (SSSR count). The summed E-state index contributed by atoms with van der Waals surface area (Å²) in [5.74, 6) is 1.34. The Kier molecular flexibility index (Phi) is 4.56. The van der Waals surface area contributed by atoms with Crippen LogP contribution in [0.4, 0.5) is 0 Å². The molecule has 0 radical (unpaired) electrons. The number of hydrogen-bond acceptors (Lipinski definition) is 4. The van der Waals surface area contributed by atoms with Crippen LogP contribution in [0.15, 0.2) is 35.0 Å². The third-order valence-corrected chi connectivity index (χ3v) is 2.74. The van der Waals surface area contributed by atoms with Crippen molar-refractivity contribution in [1.82, 2.24) is 0 Å². The molecule has 20 heavy (non-hydrogen) atoms. The van der Waals surface area contributed by atoms with Crippen LogP contribution in [0, 0.1) is 5.92 Å². The molecule has 1 aliphatic heterocycles. The van der Waals surface area contributed by atoms with Gasteiger partial charge in [0.2, 0.25) is 0 Å². The van der Waals surface area contributed by atoms with Crippen molar-refractivity contribution in [3.8, 4) is 5.75 Å². The van der Waals surface area contributed by atoms with Gasteiger partial charge in [0, 0.05) is 6.42 Å². The van der Waals surface area contributed by atoms with Crippen LogP contribution in [-0.4, -0.2) is 18.5 Å². The smallest absolute Gasteiger partial charge is 0.363 e. The first kappa shape index (κ1) is 14.3. The fourth-order valence-electron chi connectivity index (χ4n) is 1.87. The van der Waals surface area contributed by atoms with Crippen LogP contribution in [0.3, 0.4) is 0 Å². The molecule has 0 saturated heterocycles. The van der Waals surface area contributed by atoms with E-state index in [9.17, 15) is 4.79 Å². The summed E-state index contributed by atoms with van der Waals surface area (Å²) in [4.78, 5) is 15.9. The molecule has 1 aliphatic rings. The summed E-state index contributed by atoms with van der Waals surface area (Å²) in [7, 11) is 0. The van der Waals surface area contributed by atoms with E-state index >= 15 is 0 Å². The number of carbonyl (C=O) groups is 1. The lowest BCUT2D eigenvalue weighted by Gasteiger charge is -2.02. The second-order valence-electron chi connectivity index (χ2n) is 5.02. The standard InChI is InChI=1S/C16H19NO3/c1-4-19-13-7-5-12(6-8-13)10-14-16(18)20-15(17-14)9-11(2)3/h5-8,10-11H,4,9H2,1-3H3/b14-10+. The monoisotopic (exact) mass is 273 g/mol. The maximum atomic E-state index is 11.7. The van der Waals surface area contributed by atoms with E-state index in [2.05, 4.69) is 18.8 Å². The Labute approximate surface area is 119 Å². The van der Waals surface area contributed by atoms with Crippen LogP contribution in [0.5, 0.6) is 5.75 Å². The Hall–Kier alpha value is -2.10. The summed E-state index contributed by atoms with van der Waals surface area (Å²) in [6, 6.07) is 7.52. The van der Waals surface area contributed by atoms with E-state index in [4.69, 9.17) is 9.47 Å². The first-order chi connectivity index (χ1) is 9.58. The van der Waals surface area contributed by atoms with Gasteiger partial charge in [-0.05, 0) is 36.6 Å². The molecule has 0 aliphatic carbocycles. The molecule has 1 aromatic carbocycles. The normalized spacial score (nSPS) is 16.5. The third kappa shape index (κ3) is 3.70. The van der Waals surface area contributed by atoms with Gasteiger partial charge in [0.25, 0.3) is 0 Å². The second kappa shape index (κ2) is 6.37. The van der Waals surface area contributed by atoms with Gasteiger partial charge in [-0.2, -0.15) is 0 Å². The average molecular weight is 273 g/mol. The Bertz CT molecular complexity index is 541. The van der Waals surface area contributed by atoms with Crippen molar-refractivity contribution in [1.29, 1.82) is 0 Å². The Morgan fingerprint density at radius 1 is 1.30 bits per heavy atom. The number of hydrogen-bond donors (Lipinski definition) is 0. The van der Waals surface area contributed by atoms with Gasteiger partial charge >= 0.3 is 5.97 Å². The van der Waals surface area contributed by atoms with Crippen molar-refractivity contribution in [3.63, 3.8) is 0 Å². The summed E-state index contributed by atoms with van der Waals surface area (Å²) < 4.78 is 10.5. The summed E-state index contributed by atoms with van der Waals surface area (Å²) >= 11 is 0. The van der Waals surface area contributed by atoms with E-state index < -0.39 is 0 Å².